The second-order valence-corrected chi connectivity index (χ2v) is 4.58. The molecule has 0 radical (unpaired) electrons. The number of nitrogens with zero attached hydrogens (tertiary/aromatic N) is 2. The van der Waals surface area contributed by atoms with Crippen LogP contribution in [-0.4, -0.2) is 29.0 Å². The van der Waals surface area contributed by atoms with Gasteiger partial charge in [-0.1, -0.05) is 0 Å². The summed E-state index contributed by atoms with van der Waals surface area (Å²) in [5.74, 6) is 0.940. The van der Waals surface area contributed by atoms with Gasteiger partial charge in [-0.25, -0.2) is 0 Å². The van der Waals surface area contributed by atoms with Crippen LogP contribution in [0.4, 0.5) is 0 Å². The fourth-order valence-electron chi connectivity index (χ4n) is 2.31. The smallest absolute Gasteiger partial charge is 0.121 e. The van der Waals surface area contributed by atoms with Gasteiger partial charge in [0.2, 0.25) is 0 Å². The first-order valence-corrected chi connectivity index (χ1v) is 6.12. The first-order valence-electron chi connectivity index (χ1n) is 6.12. The zero-order chi connectivity index (χ0) is 11.7. The Balaban J connectivity index is 1.82. The molecule has 1 fully saturated rings. The molecular formula is C13H17N3O. The van der Waals surface area contributed by atoms with Crippen LogP contribution < -0.4 is 10.1 Å². The number of hydrogen-bond acceptors (Lipinski definition) is 3. The highest BCUT2D eigenvalue weighted by Crippen LogP contribution is 2.22. The molecule has 1 aromatic heterocycles. The first-order chi connectivity index (χ1) is 8.33. The number of aryl methyl sites for hydroxylation is 1. The molecule has 3 rings (SSSR count). The van der Waals surface area contributed by atoms with Crippen LogP contribution in [0.15, 0.2) is 24.4 Å². The maximum atomic E-state index is 5.98. The summed E-state index contributed by atoms with van der Waals surface area (Å²) in [4.78, 5) is 0. The van der Waals surface area contributed by atoms with Crippen LogP contribution in [0.2, 0.25) is 0 Å². The molecule has 17 heavy (non-hydrogen) atoms. The second kappa shape index (κ2) is 4.37. The lowest BCUT2D eigenvalue weighted by Crippen LogP contribution is -2.37. The van der Waals surface area contributed by atoms with Crippen LogP contribution in [-0.2, 0) is 7.05 Å². The van der Waals surface area contributed by atoms with E-state index >= 15 is 0 Å². The van der Waals surface area contributed by atoms with E-state index < -0.39 is 0 Å². The number of aromatic nitrogens is 2. The van der Waals surface area contributed by atoms with Crippen LogP contribution in [0, 0.1) is 0 Å². The van der Waals surface area contributed by atoms with Crippen molar-refractivity contribution in [1.29, 1.82) is 0 Å². The number of hydrogen-bond donors (Lipinski definition) is 1. The zero-order valence-corrected chi connectivity index (χ0v) is 10.0. The van der Waals surface area contributed by atoms with Crippen LogP contribution in [0.5, 0.6) is 5.75 Å². The fraction of sp³-hybridized carbons (Fsp3) is 0.462. The molecule has 1 aliphatic heterocycles. The van der Waals surface area contributed by atoms with Crippen LogP contribution in [0.1, 0.15) is 12.8 Å². The molecule has 1 saturated heterocycles. The number of fused-ring (bicyclic) bond motifs is 1. The summed E-state index contributed by atoms with van der Waals surface area (Å²) in [6.45, 7) is 2.06. The summed E-state index contributed by atoms with van der Waals surface area (Å²) >= 11 is 0. The highest BCUT2D eigenvalue weighted by molar-refractivity contribution is 5.79. The first kappa shape index (κ1) is 10.6. The van der Waals surface area contributed by atoms with Gasteiger partial charge in [-0.3, -0.25) is 4.68 Å². The molecule has 0 amide bonds. The van der Waals surface area contributed by atoms with Crippen molar-refractivity contribution in [3.63, 3.8) is 0 Å². The molecule has 2 heterocycles. The standard InChI is InChI=1S/C13H17N3O/c1-16-13-7-11(5-4-10(13)8-15-16)17-12-3-2-6-14-9-12/h4-5,7-8,12,14H,2-3,6,9H2,1H3. The molecule has 0 spiro atoms. The van der Waals surface area contributed by atoms with Crippen molar-refractivity contribution in [2.24, 2.45) is 7.05 Å². The molecule has 0 saturated carbocycles. The van der Waals surface area contributed by atoms with E-state index in [0.717, 1.165) is 36.2 Å². The molecule has 4 nitrogen and oxygen atoms in total. The van der Waals surface area contributed by atoms with E-state index in [2.05, 4.69) is 22.5 Å². The minimum atomic E-state index is 0.300. The Labute approximate surface area is 101 Å². The van der Waals surface area contributed by atoms with Crippen molar-refractivity contribution in [2.45, 2.75) is 18.9 Å². The van der Waals surface area contributed by atoms with Gasteiger partial charge in [0.15, 0.2) is 0 Å². The molecule has 0 bridgehead atoms. The Hall–Kier alpha value is -1.55. The number of rotatable bonds is 2. The van der Waals surface area contributed by atoms with Gasteiger partial charge in [-0.05, 0) is 31.5 Å². The van der Waals surface area contributed by atoms with Gasteiger partial charge in [0, 0.05) is 25.0 Å². The van der Waals surface area contributed by atoms with Gasteiger partial charge < -0.3 is 10.1 Å². The van der Waals surface area contributed by atoms with E-state index in [4.69, 9.17) is 4.74 Å². The van der Waals surface area contributed by atoms with Crippen molar-refractivity contribution < 1.29 is 4.74 Å². The van der Waals surface area contributed by atoms with Gasteiger partial charge in [0.1, 0.15) is 11.9 Å². The average molecular weight is 231 g/mol. The topological polar surface area (TPSA) is 39.1 Å². The summed E-state index contributed by atoms with van der Waals surface area (Å²) in [6.07, 6.45) is 4.51. The van der Waals surface area contributed by atoms with Gasteiger partial charge in [0.05, 0.1) is 11.7 Å². The van der Waals surface area contributed by atoms with Crippen molar-refractivity contribution in [3.05, 3.63) is 24.4 Å². The lowest BCUT2D eigenvalue weighted by atomic mass is 10.1. The number of nitrogens with one attached hydrogen (secondary N) is 1. The Bertz CT molecular complexity index is 514. The van der Waals surface area contributed by atoms with E-state index in [9.17, 15) is 0 Å². The van der Waals surface area contributed by atoms with Crippen LogP contribution >= 0.6 is 0 Å². The highest BCUT2D eigenvalue weighted by atomic mass is 16.5. The largest absolute Gasteiger partial charge is 0.489 e. The molecule has 2 aromatic rings. The zero-order valence-electron chi connectivity index (χ0n) is 10.0. The number of benzene rings is 1. The highest BCUT2D eigenvalue weighted by Gasteiger charge is 2.14. The molecule has 1 N–H and O–H groups in total. The average Bonchev–Trinajstić information content (AvgIpc) is 2.73. The Morgan fingerprint density at radius 1 is 1.47 bits per heavy atom. The second-order valence-electron chi connectivity index (χ2n) is 4.58. The lowest BCUT2D eigenvalue weighted by Gasteiger charge is -2.23. The fourth-order valence-corrected chi connectivity index (χ4v) is 2.31. The molecule has 0 aliphatic carbocycles. The summed E-state index contributed by atoms with van der Waals surface area (Å²) in [6, 6.07) is 6.16. The van der Waals surface area contributed by atoms with E-state index in [1.54, 1.807) is 0 Å². The van der Waals surface area contributed by atoms with E-state index in [-0.39, 0.29) is 0 Å². The predicted molar refractivity (Wildman–Crippen MR) is 67.2 cm³/mol. The SMILES string of the molecule is Cn1ncc2ccc(OC3CCCNC3)cc21. The third-order valence-electron chi connectivity index (χ3n) is 3.27. The summed E-state index contributed by atoms with van der Waals surface area (Å²) < 4.78 is 7.86. The molecule has 4 heteroatoms. The number of piperidine rings is 1. The lowest BCUT2D eigenvalue weighted by molar-refractivity contribution is 0.167. The Kier molecular flexibility index (Phi) is 2.73. The van der Waals surface area contributed by atoms with Crippen molar-refractivity contribution >= 4 is 10.9 Å². The van der Waals surface area contributed by atoms with Gasteiger partial charge >= 0.3 is 0 Å². The van der Waals surface area contributed by atoms with Crippen LogP contribution in [0.3, 0.4) is 0 Å². The van der Waals surface area contributed by atoms with Crippen molar-refractivity contribution in [2.75, 3.05) is 13.1 Å². The minimum Gasteiger partial charge on any atom is -0.489 e. The van der Waals surface area contributed by atoms with Crippen LogP contribution in [0.25, 0.3) is 10.9 Å². The van der Waals surface area contributed by atoms with E-state index in [0.29, 0.717) is 6.10 Å². The van der Waals surface area contributed by atoms with Gasteiger partial charge in [-0.15, -0.1) is 0 Å². The molecular weight excluding hydrogens is 214 g/mol. The quantitative estimate of drug-likeness (QED) is 0.855. The maximum absolute atomic E-state index is 5.98. The monoisotopic (exact) mass is 231 g/mol. The summed E-state index contributed by atoms with van der Waals surface area (Å²) in [5.41, 5.74) is 1.12. The Morgan fingerprint density at radius 3 is 3.24 bits per heavy atom. The predicted octanol–water partition coefficient (Wildman–Crippen LogP) is 1.70. The molecule has 90 valence electrons. The minimum absolute atomic E-state index is 0.300. The molecule has 1 atom stereocenters. The summed E-state index contributed by atoms with van der Waals surface area (Å²) in [5, 5.41) is 8.74. The van der Waals surface area contributed by atoms with Crippen molar-refractivity contribution in [3.8, 4) is 5.75 Å². The van der Waals surface area contributed by atoms with Gasteiger partial charge in [0.25, 0.3) is 0 Å². The van der Waals surface area contributed by atoms with E-state index in [1.165, 1.54) is 6.42 Å². The normalized spacial score (nSPS) is 20.6. The summed E-state index contributed by atoms with van der Waals surface area (Å²) in [7, 11) is 1.95. The molecule has 1 aliphatic rings. The molecule has 1 unspecified atom stereocenters. The third-order valence-corrected chi connectivity index (χ3v) is 3.27. The third kappa shape index (κ3) is 2.13. The van der Waals surface area contributed by atoms with Gasteiger partial charge in [-0.2, -0.15) is 5.10 Å². The Morgan fingerprint density at radius 2 is 2.41 bits per heavy atom. The molecule has 1 aromatic carbocycles. The maximum Gasteiger partial charge on any atom is 0.121 e. The van der Waals surface area contributed by atoms with E-state index in [1.807, 2.05) is 24.0 Å². The van der Waals surface area contributed by atoms with Crippen molar-refractivity contribution in [1.82, 2.24) is 15.1 Å². The number of ether oxygens (including phenoxy) is 1.